The van der Waals surface area contributed by atoms with Gasteiger partial charge in [-0.25, -0.2) is 13.8 Å². The third-order valence-electron chi connectivity index (χ3n) is 6.69. The topological polar surface area (TPSA) is 169 Å². The molecule has 1 saturated heterocycles. The molecule has 0 aliphatic carbocycles. The number of carbonyl (C=O) groups is 3. The van der Waals surface area contributed by atoms with Crippen molar-refractivity contribution in [2.75, 3.05) is 25.0 Å². The van der Waals surface area contributed by atoms with Crippen molar-refractivity contribution in [2.24, 2.45) is 16.6 Å². The number of aliphatic imine (C=N–C) groups is 1. The van der Waals surface area contributed by atoms with Gasteiger partial charge in [0.2, 0.25) is 0 Å². The molecule has 0 radical (unpaired) electrons. The average molecular weight is 653 g/mol. The molecular weight excluding hydrogens is 627 g/mol. The lowest BCUT2D eigenvalue weighted by molar-refractivity contribution is -0.215. The number of hydrogen-bond donors (Lipinski definition) is 4. The van der Waals surface area contributed by atoms with E-state index in [1.165, 1.54) is 12.1 Å². The molecular formula is C28H25F5N6O5S. The lowest BCUT2D eigenvalue weighted by Gasteiger charge is -2.37. The average Bonchev–Trinajstić information content (AvgIpc) is 3.42. The SMILES string of the molecule is NC1=NC[C@H]2[C@@H](C(F)(F)F)OC[C@]2(c2cc(NC(=O)c3cnc(CF)cn3)ccc2F)S1.O=C(O)CNC(=O)c1ccccc1. The number of alkyl halides is 4. The maximum absolute atomic E-state index is 14.9. The molecule has 1 fully saturated rings. The summed E-state index contributed by atoms with van der Waals surface area (Å²) in [6.07, 6.45) is -4.62. The number of amidine groups is 1. The molecule has 5 rings (SSSR count). The summed E-state index contributed by atoms with van der Waals surface area (Å²) in [5, 5.41) is 13.1. The number of nitrogens with zero attached hydrogens (tertiary/aromatic N) is 3. The number of aliphatic carboxylic acids is 1. The van der Waals surface area contributed by atoms with Gasteiger partial charge in [-0.05, 0) is 30.3 Å². The minimum absolute atomic E-state index is 0.0183. The molecule has 0 bridgehead atoms. The van der Waals surface area contributed by atoms with Gasteiger partial charge in [-0.1, -0.05) is 30.0 Å². The quantitative estimate of drug-likeness (QED) is 0.278. The number of hydrogen-bond acceptors (Lipinski definition) is 9. The Morgan fingerprint density at radius 3 is 2.44 bits per heavy atom. The lowest BCUT2D eigenvalue weighted by atomic mass is 9.83. The number of carboxylic acids is 1. The molecule has 5 N–H and O–H groups in total. The maximum Gasteiger partial charge on any atom is 0.415 e. The fraction of sp³-hybridized carbons (Fsp3) is 0.286. The van der Waals surface area contributed by atoms with E-state index in [2.05, 4.69) is 25.6 Å². The fourth-order valence-electron chi connectivity index (χ4n) is 4.60. The van der Waals surface area contributed by atoms with Crippen LogP contribution in [0.15, 0.2) is 65.9 Å². The third kappa shape index (κ3) is 7.91. The monoisotopic (exact) mass is 652 g/mol. The van der Waals surface area contributed by atoms with Crippen molar-refractivity contribution in [1.82, 2.24) is 15.3 Å². The Bertz CT molecular complexity index is 1580. The Labute approximate surface area is 256 Å². The summed E-state index contributed by atoms with van der Waals surface area (Å²) in [7, 11) is 0. The predicted molar refractivity (Wildman–Crippen MR) is 153 cm³/mol. The summed E-state index contributed by atoms with van der Waals surface area (Å²) in [6.45, 7) is -1.92. The van der Waals surface area contributed by atoms with Crippen LogP contribution in [0.5, 0.6) is 0 Å². The molecule has 2 amide bonds. The number of thioether (sulfide) groups is 1. The summed E-state index contributed by atoms with van der Waals surface area (Å²) in [5.74, 6) is -4.11. The zero-order valence-electron chi connectivity index (χ0n) is 23.1. The highest BCUT2D eigenvalue weighted by atomic mass is 32.2. The number of ether oxygens (including phenoxy) is 1. The largest absolute Gasteiger partial charge is 0.480 e. The molecule has 17 heteroatoms. The van der Waals surface area contributed by atoms with E-state index in [1.807, 2.05) is 0 Å². The number of carbonyl (C=O) groups excluding carboxylic acids is 2. The molecule has 3 aromatic rings. The Morgan fingerprint density at radius 1 is 1.09 bits per heavy atom. The number of benzene rings is 2. The van der Waals surface area contributed by atoms with Crippen LogP contribution in [0.3, 0.4) is 0 Å². The molecule has 0 spiro atoms. The van der Waals surface area contributed by atoms with Gasteiger partial charge in [0.15, 0.2) is 11.3 Å². The Kier molecular flexibility index (Phi) is 10.3. The number of nitrogens with one attached hydrogen (secondary N) is 2. The van der Waals surface area contributed by atoms with E-state index in [0.29, 0.717) is 5.56 Å². The normalized spacial score (nSPS) is 20.6. The Balaban J connectivity index is 0.000000297. The van der Waals surface area contributed by atoms with Gasteiger partial charge in [-0.2, -0.15) is 13.2 Å². The second-order valence-electron chi connectivity index (χ2n) is 9.67. The summed E-state index contributed by atoms with van der Waals surface area (Å²) in [5.41, 5.74) is 6.20. The van der Waals surface area contributed by atoms with E-state index in [4.69, 9.17) is 15.6 Å². The molecule has 3 heterocycles. The first-order chi connectivity index (χ1) is 21.3. The van der Waals surface area contributed by atoms with Gasteiger partial charge in [0, 0.05) is 29.3 Å². The number of nitrogens with two attached hydrogens (primary N) is 1. The van der Waals surface area contributed by atoms with Crippen molar-refractivity contribution in [1.29, 1.82) is 0 Å². The van der Waals surface area contributed by atoms with Crippen molar-refractivity contribution in [3.63, 3.8) is 0 Å². The molecule has 0 unspecified atom stereocenters. The summed E-state index contributed by atoms with van der Waals surface area (Å²) in [6, 6.07) is 12.0. The van der Waals surface area contributed by atoms with Crippen molar-refractivity contribution in [3.8, 4) is 0 Å². The van der Waals surface area contributed by atoms with Crippen LogP contribution in [0.1, 0.15) is 32.1 Å². The number of carboxylic acid groups (broad SMARTS) is 1. The molecule has 2 aliphatic heterocycles. The van der Waals surface area contributed by atoms with E-state index in [1.54, 1.807) is 30.3 Å². The van der Waals surface area contributed by atoms with Crippen molar-refractivity contribution >= 4 is 40.4 Å². The Morgan fingerprint density at radius 2 is 1.82 bits per heavy atom. The first-order valence-corrected chi connectivity index (χ1v) is 13.9. The minimum Gasteiger partial charge on any atom is -0.480 e. The van der Waals surface area contributed by atoms with Crippen LogP contribution in [0.25, 0.3) is 0 Å². The van der Waals surface area contributed by atoms with Gasteiger partial charge < -0.3 is 26.2 Å². The molecule has 3 atom stereocenters. The highest BCUT2D eigenvalue weighted by molar-refractivity contribution is 8.14. The first kappa shape index (κ1) is 33.3. The summed E-state index contributed by atoms with van der Waals surface area (Å²) < 4.78 is 71.5. The molecule has 238 valence electrons. The van der Waals surface area contributed by atoms with E-state index in [0.717, 1.165) is 30.2 Å². The third-order valence-corrected chi connectivity index (χ3v) is 8.03. The van der Waals surface area contributed by atoms with Gasteiger partial charge in [0.25, 0.3) is 11.8 Å². The van der Waals surface area contributed by atoms with Gasteiger partial charge in [0.1, 0.15) is 24.7 Å². The number of rotatable bonds is 7. The van der Waals surface area contributed by atoms with Crippen LogP contribution < -0.4 is 16.4 Å². The van der Waals surface area contributed by atoms with Gasteiger partial charge in [-0.15, -0.1) is 0 Å². The zero-order valence-corrected chi connectivity index (χ0v) is 23.9. The van der Waals surface area contributed by atoms with Gasteiger partial charge in [0.05, 0.1) is 29.4 Å². The van der Waals surface area contributed by atoms with Crippen molar-refractivity contribution in [2.45, 2.75) is 23.7 Å². The van der Waals surface area contributed by atoms with Gasteiger partial charge >= 0.3 is 12.1 Å². The van der Waals surface area contributed by atoms with Gasteiger partial charge in [-0.3, -0.25) is 24.4 Å². The lowest BCUT2D eigenvalue weighted by Crippen LogP contribution is -2.45. The smallest absolute Gasteiger partial charge is 0.415 e. The van der Waals surface area contributed by atoms with Crippen LogP contribution in [0.4, 0.5) is 27.6 Å². The zero-order chi connectivity index (χ0) is 32.8. The van der Waals surface area contributed by atoms with Crippen LogP contribution >= 0.6 is 11.8 Å². The van der Waals surface area contributed by atoms with Crippen molar-refractivity contribution < 1.29 is 46.2 Å². The number of halogens is 5. The second kappa shape index (κ2) is 14.0. The van der Waals surface area contributed by atoms with Crippen molar-refractivity contribution in [3.05, 3.63) is 89.3 Å². The first-order valence-electron chi connectivity index (χ1n) is 13.0. The molecule has 2 aromatic carbocycles. The second-order valence-corrected chi connectivity index (χ2v) is 11.0. The van der Waals surface area contributed by atoms with E-state index >= 15 is 0 Å². The highest BCUT2D eigenvalue weighted by Gasteiger charge is 2.62. The number of amides is 2. The molecule has 0 saturated carbocycles. The standard InChI is InChI=1S/C19H16F5N5O2S.C9H9NO3/c20-4-10-5-27-14(7-26-10)16(30)29-9-1-2-13(21)11(3-9)18-8-31-15(19(22,23)24)12(18)6-28-17(25)32-18;11-8(12)6-10-9(13)7-4-2-1-3-5-7/h1-3,5,7,12,15H,4,6,8H2,(H2,25,28)(H,29,30);1-5H,6H2,(H,10,13)(H,11,12)/t12-,15-,18+;/m0./s1. The van der Waals surface area contributed by atoms with E-state index < -0.39 is 53.9 Å². The van der Waals surface area contributed by atoms with Crippen LogP contribution in [-0.4, -0.2) is 70.0 Å². The minimum atomic E-state index is -4.67. The fourth-order valence-corrected chi connectivity index (χ4v) is 5.86. The molecule has 45 heavy (non-hydrogen) atoms. The predicted octanol–water partition coefficient (Wildman–Crippen LogP) is 3.67. The van der Waals surface area contributed by atoms with E-state index in [-0.39, 0.29) is 46.8 Å². The van der Waals surface area contributed by atoms with Crippen LogP contribution in [0, 0.1) is 11.7 Å². The van der Waals surface area contributed by atoms with E-state index in [9.17, 15) is 36.3 Å². The Hall–Kier alpha value is -4.64. The summed E-state index contributed by atoms with van der Waals surface area (Å²) >= 11 is 0.812. The summed E-state index contributed by atoms with van der Waals surface area (Å²) in [4.78, 5) is 45.2. The highest BCUT2D eigenvalue weighted by Crippen LogP contribution is 2.55. The maximum atomic E-state index is 14.9. The number of aromatic nitrogens is 2. The number of fused-ring (bicyclic) bond motifs is 1. The molecule has 11 nitrogen and oxygen atoms in total. The van der Waals surface area contributed by atoms with Crippen LogP contribution in [-0.2, 0) is 21.0 Å². The molecule has 1 aromatic heterocycles. The molecule has 2 aliphatic rings. The number of anilines is 1. The van der Waals surface area contributed by atoms with Crippen LogP contribution in [0.2, 0.25) is 0 Å².